The van der Waals surface area contributed by atoms with Crippen LogP contribution in [-0.4, -0.2) is 13.2 Å². The van der Waals surface area contributed by atoms with Crippen molar-refractivity contribution in [2.24, 2.45) is 5.92 Å². The molecule has 1 saturated carbocycles. The summed E-state index contributed by atoms with van der Waals surface area (Å²) in [6.07, 6.45) is 6.10. The summed E-state index contributed by atoms with van der Waals surface area (Å²) < 4.78 is 5.95. The minimum atomic E-state index is 0.174. The maximum Gasteiger partial charge on any atom is 0.0494 e. The Morgan fingerprint density at radius 2 is 1.67 bits per heavy atom. The summed E-state index contributed by atoms with van der Waals surface area (Å²) in [6.45, 7) is 6.39. The van der Waals surface area contributed by atoms with Gasteiger partial charge < -0.3 is 4.74 Å². The van der Waals surface area contributed by atoms with Crippen LogP contribution in [0, 0.1) is 12.8 Å². The van der Waals surface area contributed by atoms with Crippen LogP contribution in [0.3, 0.4) is 0 Å². The van der Waals surface area contributed by atoms with Crippen molar-refractivity contribution in [3.8, 4) is 0 Å². The second-order valence-electron chi connectivity index (χ2n) is 7.68. The van der Waals surface area contributed by atoms with Gasteiger partial charge in [0, 0.05) is 13.2 Å². The van der Waals surface area contributed by atoms with Crippen LogP contribution >= 0.6 is 0 Å². The van der Waals surface area contributed by atoms with Gasteiger partial charge in [0.1, 0.15) is 0 Å². The first-order valence-electron chi connectivity index (χ1n) is 9.34. The molecule has 128 valence electrons. The van der Waals surface area contributed by atoms with Gasteiger partial charge in [0.15, 0.2) is 0 Å². The molecule has 2 aromatic carbocycles. The Hall–Kier alpha value is -1.60. The van der Waals surface area contributed by atoms with E-state index in [9.17, 15) is 0 Å². The monoisotopic (exact) mass is 322 g/mol. The highest BCUT2D eigenvalue weighted by Gasteiger charge is 2.27. The third-order valence-corrected chi connectivity index (χ3v) is 5.41. The van der Waals surface area contributed by atoms with Crippen molar-refractivity contribution in [2.45, 2.75) is 51.4 Å². The molecule has 2 aromatic rings. The molecule has 1 aliphatic carbocycles. The minimum Gasteiger partial charge on any atom is -0.381 e. The van der Waals surface area contributed by atoms with Crippen LogP contribution in [0.25, 0.3) is 0 Å². The molecule has 3 rings (SSSR count). The maximum absolute atomic E-state index is 5.95. The van der Waals surface area contributed by atoms with Crippen LogP contribution in [0.5, 0.6) is 0 Å². The highest BCUT2D eigenvalue weighted by atomic mass is 16.5. The molecule has 1 atom stereocenters. The molecule has 0 saturated heterocycles. The number of benzene rings is 2. The summed E-state index contributed by atoms with van der Waals surface area (Å²) in [5.74, 6) is 0.847. The van der Waals surface area contributed by atoms with Crippen LogP contribution < -0.4 is 0 Å². The molecule has 0 radical (unpaired) electrons. The summed E-state index contributed by atoms with van der Waals surface area (Å²) >= 11 is 0. The van der Waals surface area contributed by atoms with Crippen molar-refractivity contribution in [3.63, 3.8) is 0 Å². The van der Waals surface area contributed by atoms with Crippen LogP contribution in [0.15, 0.2) is 54.6 Å². The number of aryl methyl sites for hydroxylation is 2. The fraction of sp³-hybridized carbons (Fsp3) is 0.478. The molecular weight excluding hydrogens is 292 g/mol. The third kappa shape index (κ3) is 4.95. The average Bonchev–Trinajstić information content (AvgIpc) is 3.43. The molecule has 1 unspecified atom stereocenters. The van der Waals surface area contributed by atoms with E-state index < -0.39 is 0 Å². The summed E-state index contributed by atoms with van der Waals surface area (Å²) in [4.78, 5) is 0. The topological polar surface area (TPSA) is 9.23 Å². The van der Waals surface area contributed by atoms with E-state index in [2.05, 4.69) is 68.4 Å². The standard InChI is InChI=1S/C23H30O/c1-19-8-12-22(13-9-19)23(2,16-17-24-18-21-10-11-21)15-14-20-6-4-3-5-7-20/h3-9,12-13,21H,10-11,14-18H2,1-2H3. The fourth-order valence-electron chi connectivity index (χ4n) is 3.27. The number of hydrogen-bond acceptors (Lipinski definition) is 1. The molecule has 0 spiro atoms. The smallest absolute Gasteiger partial charge is 0.0494 e. The van der Waals surface area contributed by atoms with Crippen molar-refractivity contribution in [3.05, 3.63) is 71.3 Å². The van der Waals surface area contributed by atoms with Crippen molar-refractivity contribution in [1.82, 2.24) is 0 Å². The Morgan fingerprint density at radius 3 is 2.33 bits per heavy atom. The van der Waals surface area contributed by atoms with Gasteiger partial charge in [0.25, 0.3) is 0 Å². The molecule has 0 bridgehead atoms. The lowest BCUT2D eigenvalue weighted by atomic mass is 9.75. The van der Waals surface area contributed by atoms with Gasteiger partial charge in [-0.05, 0) is 61.5 Å². The zero-order valence-electron chi connectivity index (χ0n) is 15.1. The molecule has 1 heteroatoms. The first-order valence-corrected chi connectivity index (χ1v) is 9.34. The normalized spacial score (nSPS) is 16.8. The van der Waals surface area contributed by atoms with Crippen molar-refractivity contribution in [1.29, 1.82) is 0 Å². The Kier molecular flexibility index (Phi) is 5.73. The molecule has 1 nitrogen and oxygen atoms in total. The second kappa shape index (κ2) is 7.98. The predicted molar refractivity (Wildman–Crippen MR) is 101 cm³/mol. The SMILES string of the molecule is Cc1ccc(C(C)(CCOCC2CC2)CCc2ccccc2)cc1. The van der Waals surface area contributed by atoms with Crippen molar-refractivity contribution < 1.29 is 4.74 Å². The molecule has 0 aromatic heterocycles. The predicted octanol–water partition coefficient (Wildman–Crippen LogP) is 5.70. The average molecular weight is 322 g/mol. The van der Waals surface area contributed by atoms with Gasteiger partial charge in [0.2, 0.25) is 0 Å². The van der Waals surface area contributed by atoms with Crippen molar-refractivity contribution >= 4 is 0 Å². The molecule has 1 fully saturated rings. The van der Waals surface area contributed by atoms with Crippen LogP contribution in [-0.2, 0) is 16.6 Å². The maximum atomic E-state index is 5.95. The van der Waals surface area contributed by atoms with E-state index >= 15 is 0 Å². The van der Waals surface area contributed by atoms with Gasteiger partial charge in [-0.15, -0.1) is 0 Å². The lowest BCUT2D eigenvalue weighted by Gasteiger charge is -2.31. The summed E-state index contributed by atoms with van der Waals surface area (Å²) in [6, 6.07) is 19.9. The number of hydrogen-bond donors (Lipinski definition) is 0. The first-order chi connectivity index (χ1) is 11.7. The zero-order valence-corrected chi connectivity index (χ0v) is 15.1. The largest absolute Gasteiger partial charge is 0.381 e. The van der Waals surface area contributed by atoms with E-state index in [4.69, 9.17) is 4.74 Å². The molecule has 0 amide bonds. The Morgan fingerprint density at radius 1 is 0.958 bits per heavy atom. The number of rotatable bonds is 9. The molecule has 1 aliphatic rings. The molecule has 0 N–H and O–H groups in total. The molecule has 24 heavy (non-hydrogen) atoms. The quantitative estimate of drug-likeness (QED) is 0.538. The highest BCUT2D eigenvalue weighted by molar-refractivity contribution is 5.29. The van der Waals surface area contributed by atoms with E-state index in [-0.39, 0.29) is 5.41 Å². The van der Waals surface area contributed by atoms with E-state index in [0.717, 1.165) is 38.4 Å². The molecule has 0 heterocycles. The van der Waals surface area contributed by atoms with Gasteiger partial charge >= 0.3 is 0 Å². The minimum absolute atomic E-state index is 0.174. The molecule has 0 aliphatic heterocycles. The van der Waals surface area contributed by atoms with Gasteiger partial charge in [-0.2, -0.15) is 0 Å². The number of ether oxygens (including phenoxy) is 1. The summed E-state index contributed by atoms with van der Waals surface area (Å²) in [5.41, 5.74) is 4.37. The highest BCUT2D eigenvalue weighted by Crippen LogP contribution is 2.34. The van der Waals surface area contributed by atoms with Gasteiger partial charge in [0.05, 0.1) is 0 Å². The van der Waals surface area contributed by atoms with Crippen LogP contribution in [0.2, 0.25) is 0 Å². The lowest BCUT2D eigenvalue weighted by molar-refractivity contribution is 0.105. The second-order valence-corrected chi connectivity index (χ2v) is 7.68. The zero-order chi connectivity index (χ0) is 16.8. The van der Waals surface area contributed by atoms with E-state index in [1.165, 1.54) is 29.5 Å². The Labute approximate surface area is 147 Å². The Balaban J connectivity index is 1.65. The molecular formula is C23H30O. The van der Waals surface area contributed by atoms with Crippen LogP contribution in [0.4, 0.5) is 0 Å². The van der Waals surface area contributed by atoms with Crippen LogP contribution in [0.1, 0.15) is 49.3 Å². The summed E-state index contributed by atoms with van der Waals surface area (Å²) in [5, 5.41) is 0. The lowest BCUT2D eigenvalue weighted by Crippen LogP contribution is -2.25. The van der Waals surface area contributed by atoms with Gasteiger partial charge in [-0.1, -0.05) is 67.1 Å². The van der Waals surface area contributed by atoms with E-state index in [1.54, 1.807) is 0 Å². The van der Waals surface area contributed by atoms with Gasteiger partial charge in [-0.25, -0.2) is 0 Å². The summed E-state index contributed by atoms with van der Waals surface area (Å²) in [7, 11) is 0. The van der Waals surface area contributed by atoms with Crippen molar-refractivity contribution in [2.75, 3.05) is 13.2 Å². The van der Waals surface area contributed by atoms with Gasteiger partial charge in [-0.3, -0.25) is 0 Å². The Bertz CT molecular complexity index is 612. The first kappa shape index (κ1) is 17.2. The fourth-order valence-corrected chi connectivity index (χ4v) is 3.27. The third-order valence-electron chi connectivity index (χ3n) is 5.41. The van der Waals surface area contributed by atoms with E-state index in [1.807, 2.05) is 0 Å². The van der Waals surface area contributed by atoms with E-state index in [0.29, 0.717) is 0 Å².